The van der Waals surface area contributed by atoms with E-state index in [4.69, 9.17) is 5.14 Å². The van der Waals surface area contributed by atoms with Crippen molar-refractivity contribution in [2.45, 2.75) is 5.75 Å². The highest BCUT2D eigenvalue weighted by molar-refractivity contribution is 7.88. The van der Waals surface area contributed by atoms with Crippen molar-refractivity contribution < 1.29 is 13.2 Å². The number of imidazole rings is 1. The third-order valence-corrected chi connectivity index (χ3v) is 3.25. The Morgan fingerprint density at radius 1 is 1.35 bits per heavy atom. The van der Waals surface area contributed by atoms with E-state index < -0.39 is 10.0 Å². The van der Waals surface area contributed by atoms with Crippen LogP contribution in [0.3, 0.4) is 0 Å². The lowest BCUT2D eigenvalue weighted by Crippen LogP contribution is -2.15. The van der Waals surface area contributed by atoms with E-state index in [-0.39, 0.29) is 11.7 Å². The lowest BCUT2D eigenvalue weighted by Gasteiger charge is -2.04. The number of amides is 1. The van der Waals surface area contributed by atoms with Crippen molar-refractivity contribution in [3.05, 3.63) is 48.0 Å². The fraction of sp³-hybridized carbons (Fsp3) is 0.167. The molecule has 0 saturated heterocycles. The minimum absolute atomic E-state index is 0.235. The number of benzene rings is 1. The van der Waals surface area contributed by atoms with Crippen LogP contribution < -0.4 is 10.5 Å². The number of rotatable bonds is 4. The quantitative estimate of drug-likeness (QED) is 0.854. The number of hydrogen-bond acceptors (Lipinski definition) is 4. The largest absolute Gasteiger partial charge is 0.340 e. The van der Waals surface area contributed by atoms with Crippen LogP contribution in [0.5, 0.6) is 0 Å². The molecule has 8 heteroatoms. The number of carbonyl (C=O) groups excluding carboxylic acids is 1. The number of nitrogens with one attached hydrogen (secondary N) is 1. The van der Waals surface area contributed by atoms with Gasteiger partial charge in [0.15, 0.2) is 0 Å². The van der Waals surface area contributed by atoms with Crippen LogP contribution in [0.15, 0.2) is 36.8 Å². The van der Waals surface area contributed by atoms with E-state index in [0.29, 0.717) is 16.9 Å². The summed E-state index contributed by atoms with van der Waals surface area (Å²) in [4.78, 5) is 15.8. The van der Waals surface area contributed by atoms with Crippen LogP contribution in [0.1, 0.15) is 16.1 Å². The summed E-state index contributed by atoms with van der Waals surface area (Å²) in [5.74, 6) is -0.564. The maximum Gasteiger partial charge on any atom is 0.275 e. The molecule has 1 amide bonds. The fourth-order valence-electron chi connectivity index (χ4n) is 1.64. The Hall–Kier alpha value is -2.19. The summed E-state index contributed by atoms with van der Waals surface area (Å²) in [5.41, 5.74) is 1.42. The van der Waals surface area contributed by atoms with Gasteiger partial charge in [-0.3, -0.25) is 4.79 Å². The molecule has 1 aromatic carbocycles. The summed E-state index contributed by atoms with van der Waals surface area (Å²) in [5, 5.41) is 7.62. The van der Waals surface area contributed by atoms with E-state index in [1.165, 1.54) is 6.33 Å². The van der Waals surface area contributed by atoms with Crippen LogP contribution in [-0.2, 0) is 22.8 Å². The molecule has 1 aromatic heterocycles. The van der Waals surface area contributed by atoms with Gasteiger partial charge in [0, 0.05) is 18.9 Å². The first-order valence-corrected chi connectivity index (χ1v) is 7.44. The molecule has 7 nitrogen and oxygen atoms in total. The number of hydrogen-bond donors (Lipinski definition) is 2. The van der Waals surface area contributed by atoms with Gasteiger partial charge in [-0.05, 0) is 17.7 Å². The van der Waals surface area contributed by atoms with Crippen molar-refractivity contribution >= 4 is 21.6 Å². The molecule has 0 spiro atoms. The molecule has 2 rings (SSSR count). The van der Waals surface area contributed by atoms with Crippen molar-refractivity contribution in [3.8, 4) is 0 Å². The minimum Gasteiger partial charge on any atom is -0.340 e. The van der Waals surface area contributed by atoms with Crippen molar-refractivity contribution in [2.24, 2.45) is 12.2 Å². The highest BCUT2D eigenvalue weighted by Gasteiger charge is 2.09. The van der Waals surface area contributed by atoms with Crippen LogP contribution in [0, 0.1) is 0 Å². The average molecular weight is 294 g/mol. The summed E-state index contributed by atoms with van der Waals surface area (Å²) in [6.07, 6.45) is 3.13. The molecule has 0 fully saturated rings. The molecule has 106 valence electrons. The maximum atomic E-state index is 11.8. The van der Waals surface area contributed by atoms with E-state index in [2.05, 4.69) is 10.3 Å². The van der Waals surface area contributed by atoms with Gasteiger partial charge in [-0.1, -0.05) is 12.1 Å². The van der Waals surface area contributed by atoms with Crippen molar-refractivity contribution in [3.63, 3.8) is 0 Å². The Balaban J connectivity index is 2.06. The number of anilines is 1. The summed E-state index contributed by atoms with van der Waals surface area (Å²) in [6, 6.07) is 6.42. The molecule has 0 aliphatic heterocycles. The zero-order chi connectivity index (χ0) is 14.8. The van der Waals surface area contributed by atoms with E-state index in [1.54, 1.807) is 42.1 Å². The van der Waals surface area contributed by atoms with E-state index in [9.17, 15) is 13.2 Å². The Labute approximate surface area is 116 Å². The third kappa shape index (κ3) is 3.90. The van der Waals surface area contributed by atoms with Gasteiger partial charge in [-0.15, -0.1) is 0 Å². The molecule has 0 atom stereocenters. The second-order valence-electron chi connectivity index (χ2n) is 4.38. The standard InChI is InChI=1S/C12H14N4O3S/c1-16-6-11(14-8-16)12(17)15-10-4-2-9(3-5-10)7-20(13,18)19/h2-6,8H,7H2,1H3,(H,15,17)(H2,13,18,19). The predicted molar refractivity (Wildman–Crippen MR) is 74.4 cm³/mol. The van der Waals surface area contributed by atoms with Crippen LogP contribution in [-0.4, -0.2) is 23.9 Å². The predicted octanol–water partition coefficient (Wildman–Crippen LogP) is 0.461. The summed E-state index contributed by atoms with van der Waals surface area (Å²) < 4.78 is 23.6. The Bertz CT molecular complexity index is 719. The van der Waals surface area contributed by atoms with Crippen molar-refractivity contribution in [2.75, 3.05) is 5.32 Å². The van der Waals surface area contributed by atoms with Gasteiger partial charge >= 0.3 is 0 Å². The molecule has 0 radical (unpaired) electrons. The number of sulfonamides is 1. The van der Waals surface area contributed by atoms with Crippen LogP contribution >= 0.6 is 0 Å². The van der Waals surface area contributed by atoms with Gasteiger partial charge in [-0.25, -0.2) is 18.5 Å². The lowest BCUT2D eigenvalue weighted by molar-refractivity contribution is 0.102. The fourth-order valence-corrected chi connectivity index (χ4v) is 2.30. The summed E-state index contributed by atoms with van der Waals surface area (Å²) in [7, 11) is -1.78. The lowest BCUT2D eigenvalue weighted by atomic mass is 10.2. The number of aryl methyl sites for hydroxylation is 1. The first-order valence-electron chi connectivity index (χ1n) is 5.72. The topological polar surface area (TPSA) is 107 Å². The molecule has 3 N–H and O–H groups in total. The molecule has 0 bridgehead atoms. The van der Waals surface area contributed by atoms with Gasteiger partial charge in [-0.2, -0.15) is 0 Å². The van der Waals surface area contributed by atoms with E-state index >= 15 is 0 Å². The smallest absolute Gasteiger partial charge is 0.275 e. The second kappa shape index (κ2) is 5.43. The van der Waals surface area contributed by atoms with Gasteiger partial charge in [0.25, 0.3) is 5.91 Å². The molecule has 0 aliphatic carbocycles. The highest BCUT2D eigenvalue weighted by atomic mass is 32.2. The zero-order valence-electron chi connectivity index (χ0n) is 10.8. The number of nitrogens with two attached hydrogens (primary N) is 1. The first kappa shape index (κ1) is 14.2. The summed E-state index contributed by atoms with van der Waals surface area (Å²) >= 11 is 0. The Kier molecular flexibility index (Phi) is 3.86. The molecular formula is C12H14N4O3S. The minimum atomic E-state index is -3.55. The highest BCUT2D eigenvalue weighted by Crippen LogP contribution is 2.12. The zero-order valence-corrected chi connectivity index (χ0v) is 11.6. The Morgan fingerprint density at radius 3 is 2.50 bits per heavy atom. The Morgan fingerprint density at radius 2 is 2.00 bits per heavy atom. The van der Waals surface area contributed by atoms with Crippen LogP contribution in [0.4, 0.5) is 5.69 Å². The van der Waals surface area contributed by atoms with Crippen molar-refractivity contribution in [1.82, 2.24) is 9.55 Å². The number of nitrogens with zero attached hydrogens (tertiary/aromatic N) is 2. The monoisotopic (exact) mass is 294 g/mol. The average Bonchev–Trinajstić information content (AvgIpc) is 2.77. The molecular weight excluding hydrogens is 280 g/mol. The third-order valence-electron chi connectivity index (χ3n) is 2.52. The number of aromatic nitrogens is 2. The maximum absolute atomic E-state index is 11.8. The van der Waals surface area contributed by atoms with E-state index in [1.807, 2.05) is 0 Å². The van der Waals surface area contributed by atoms with Crippen LogP contribution in [0.25, 0.3) is 0 Å². The molecule has 0 aliphatic rings. The number of carbonyl (C=O) groups is 1. The van der Waals surface area contributed by atoms with Crippen LogP contribution in [0.2, 0.25) is 0 Å². The summed E-state index contributed by atoms with van der Waals surface area (Å²) in [6.45, 7) is 0. The SMILES string of the molecule is Cn1cnc(C(=O)Nc2ccc(CS(N)(=O)=O)cc2)c1. The van der Waals surface area contributed by atoms with Gasteiger partial charge in [0.1, 0.15) is 5.69 Å². The van der Waals surface area contributed by atoms with Crippen molar-refractivity contribution in [1.29, 1.82) is 0 Å². The molecule has 0 saturated carbocycles. The van der Waals surface area contributed by atoms with Gasteiger partial charge in [0.2, 0.25) is 10.0 Å². The van der Waals surface area contributed by atoms with E-state index in [0.717, 1.165) is 0 Å². The normalized spacial score (nSPS) is 11.3. The molecule has 1 heterocycles. The van der Waals surface area contributed by atoms with Gasteiger partial charge < -0.3 is 9.88 Å². The molecule has 20 heavy (non-hydrogen) atoms. The first-order chi connectivity index (χ1) is 9.33. The second-order valence-corrected chi connectivity index (χ2v) is 6.00. The molecule has 2 aromatic rings. The molecule has 0 unspecified atom stereocenters. The number of primary sulfonamides is 1. The van der Waals surface area contributed by atoms with Gasteiger partial charge in [0.05, 0.1) is 12.1 Å².